The van der Waals surface area contributed by atoms with Crippen LogP contribution in [0.1, 0.15) is 53.4 Å². The third-order valence-corrected chi connectivity index (χ3v) is 3.67. The van der Waals surface area contributed by atoms with Gasteiger partial charge in [0.05, 0.1) is 0 Å². The van der Waals surface area contributed by atoms with Crippen molar-refractivity contribution < 1.29 is 9.59 Å². The fraction of sp³-hybridized carbons (Fsp3) is 0.846. The number of hydrogen-bond acceptors (Lipinski definition) is 2. The number of carbonyl (C=O) groups excluding carboxylic acids is 2. The van der Waals surface area contributed by atoms with Gasteiger partial charge in [0.25, 0.3) is 0 Å². The molecule has 0 saturated carbocycles. The number of nitrogens with zero attached hydrogens (tertiary/aromatic N) is 1. The minimum atomic E-state index is -0.727. The van der Waals surface area contributed by atoms with E-state index in [1.54, 1.807) is 0 Å². The predicted molar refractivity (Wildman–Crippen MR) is 67.5 cm³/mol. The van der Waals surface area contributed by atoms with Crippen molar-refractivity contribution in [2.45, 2.75) is 65.0 Å². The minimum absolute atomic E-state index is 0.0195. The summed E-state index contributed by atoms with van der Waals surface area (Å²) in [4.78, 5) is 26.0. The van der Waals surface area contributed by atoms with E-state index in [-0.39, 0.29) is 17.9 Å². The number of hydrogen-bond donors (Lipinski definition) is 1. The Kier molecular flexibility index (Phi) is 4.54. The lowest BCUT2D eigenvalue weighted by molar-refractivity contribution is -0.140. The third kappa shape index (κ3) is 2.99. The Bertz CT molecular complexity index is 304. The van der Waals surface area contributed by atoms with E-state index in [4.69, 9.17) is 0 Å². The van der Waals surface area contributed by atoms with Crippen LogP contribution in [0.2, 0.25) is 0 Å². The van der Waals surface area contributed by atoms with Crippen molar-refractivity contribution in [3.05, 3.63) is 0 Å². The molecule has 0 aromatic rings. The number of amides is 2. The van der Waals surface area contributed by atoms with E-state index >= 15 is 0 Å². The van der Waals surface area contributed by atoms with Crippen LogP contribution in [-0.4, -0.2) is 34.8 Å². The van der Waals surface area contributed by atoms with Crippen LogP contribution >= 0.6 is 0 Å². The quantitative estimate of drug-likeness (QED) is 0.813. The van der Waals surface area contributed by atoms with Crippen LogP contribution in [0.25, 0.3) is 0 Å². The van der Waals surface area contributed by atoms with Gasteiger partial charge in [0, 0.05) is 19.0 Å². The standard InChI is InChI=1S/C13H24N2O2/c1-5-7-10(3)15-9-8-11(16)14-13(4,6-2)12(15)17/h10H,5-9H2,1-4H3,(H,14,16). The van der Waals surface area contributed by atoms with Crippen molar-refractivity contribution in [2.24, 2.45) is 0 Å². The highest BCUT2D eigenvalue weighted by atomic mass is 16.2. The zero-order chi connectivity index (χ0) is 13.1. The summed E-state index contributed by atoms with van der Waals surface area (Å²) in [6.45, 7) is 8.48. The number of rotatable bonds is 4. The number of nitrogens with one attached hydrogen (secondary N) is 1. The summed E-state index contributed by atoms with van der Waals surface area (Å²) in [7, 11) is 0. The van der Waals surface area contributed by atoms with E-state index in [9.17, 15) is 9.59 Å². The topological polar surface area (TPSA) is 49.4 Å². The van der Waals surface area contributed by atoms with Gasteiger partial charge in [-0.05, 0) is 26.7 Å². The molecule has 2 amide bonds. The van der Waals surface area contributed by atoms with Crippen molar-refractivity contribution in [3.8, 4) is 0 Å². The van der Waals surface area contributed by atoms with Crippen molar-refractivity contribution in [1.82, 2.24) is 10.2 Å². The molecule has 1 rings (SSSR count). The highest BCUT2D eigenvalue weighted by Gasteiger charge is 2.40. The molecule has 4 nitrogen and oxygen atoms in total. The summed E-state index contributed by atoms with van der Waals surface area (Å²) in [5, 5.41) is 2.85. The van der Waals surface area contributed by atoms with Crippen LogP contribution in [0.5, 0.6) is 0 Å². The molecule has 4 heteroatoms. The minimum Gasteiger partial charge on any atom is -0.342 e. The molecule has 1 N–H and O–H groups in total. The summed E-state index contributed by atoms with van der Waals surface area (Å²) in [5.74, 6) is 0.0423. The Morgan fingerprint density at radius 3 is 2.59 bits per heavy atom. The smallest absolute Gasteiger partial charge is 0.248 e. The third-order valence-electron chi connectivity index (χ3n) is 3.67. The lowest BCUT2D eigenvalue weighted by Crippen LogP contribution is -2.56. The van der Waals surface area contributed by atoms with E-state index < -0.39 is 5.54 Å². The van der Waals surface area contributed by atoms with Crippen LogP contribution in [-0.2, 0) is 9.59 Å². The molecule has 0 aromatic carbocycles. The second kappa shape index (κ2) is 5.52. The molecule has 1 aliphatic heterocycles. The first-order chi connectivity index (χ1) is 7.94. The van der Waals surface area contributed by atoms with Gasteiger partial charge in [-0.2, -0.15) is 0 Å². The average Bonchev–Trinajstić information content (AvgIpc) is 2.39. The second-order valence-electron chi connectivity index (χ2n) is 5.12. The van der Waals surface area contributed by atoms with Crippen LogP contribution < -0.4 is 5.32 Å². The van der Waals surface area contributed by atoms with Gasteiger partial charge in [-0.25, -0.2) is 0 Å². The van der Waals surface area contributed by atoms with E-state index in [1.165, 1.54) is 0 Å². The first-order valence-electron chi connectivity index (χ1n) is 6.56. The lowest BCUT2D eigenvalue weighted by Gasteiger charge is -2.34. The molecule has 0 spiro atoms. The summed E-state index contributed by atoms with van der Waals surface area (Å²) in [5.41, 5.74) is -0.727. The molecule has 0 bridgehead atoms. The molecule has 17 heavy (non-hydrogen) atoms. The van der Waals surface area contributed by atoms with E-state index in [2.05, 4.69) is 19.2 Å². The highest BCUT2D eigenvalue weighted by molar-refractivity contribution is 5.93. The Hall–Kier alpha value is -1.06. The fourth-order valence-corrected chi connectivity index (χ4v) is 2.30. The van der Waals surface area contributed by atoms with Crippen molar-refractivity contribution in [2.75, 3.05) is 6.54 Å². The predicted octanol–water partition coefficient (Wildman–Crippen LogP) is 1.69. The fourth-order valence-electron chi connectivity index (χ4n) is 2.30. The zero-order valence-electron chi connectivity index (χ0n) is 11.4. The van der Waals surface area contributed by atoms with Crippen molar-refractivity contribution in [1.29, 1.82) is 0 Å². The number of carbonyl (C=O) groups is 2. The SMILES string of the molecule is CCCC(C)N1CCC(=O)NC(C)(CC)C1=O. The molecule has 0 aliphatic carbocycles. The normalized spacial score (nSPS) is 27.6. The first kappa shape index (κ1) is 14.0. The molecule has 1 saturated heterocycles. The van der Waals surface area contributed by atoms with Gasteiger partial charge in [-0.1, -0.05) is 20.3 Å². The van der Waals surface area contributed by atoms with Crippen LogP contribution in [0, 0.1) is 0 Å². The van der Waals surface area contributed by atoms with Crippen LogP contribution in [0.15, 0.2) is 0 Å². The van der Waals surface area contributed by atoms with E-state index in [0.29, 0.717) is 19.4 Å². The van der Waals surface area contributed by atoms with Gasteiger partial charge in [0.1, 0.15) is 5.54 Å². The molecule has 0 aromatic heterocycles. The maximum absolute atomic E-state index is 12.5. The first-order valence-corrected chi connectivity index (χ1v) is 6.56. The molecule has 0 radical (unpaired) electrons. The van der Waals surface area contributed by atoms with Gasteiger partial charge >= 0.3 is 0 Å². The van der Waals surface area contributed by atoms with Gasteiger partial charge < -0.3 is 10.2 Å². The largest absolute Gasteiger partial charge is 0.342 e. The Balaban J connectivity index is 2.91. The molecule has 98 valence electrons. The molecular weight excluding hydrogens is 216 g/mol. The lowest BCUT2D eigenvalue weighted by atomic mass is 9.96. The molecule has 2 atom stereocenters. The van der Waals surface area contributed by atoms with Gasteiger partial charge in [0.15, 0.2) is 0 Å². The maximum atomic E-state index is 12.5. The Morgan fingerprint density at radius 2 is 2.06 bits per heavy atom. The van der Waals surface area contributed by atoms with Crippen molar-refractivity contribution in [3.63, 3.8) is 0 Å². The summed E-state index contributed by atoms with van der Waals surface area (Å²) in [6.07, 6.45) is 3.08. The molecule has 2 unspecified atom stereocenters. The molecular formula is C13H24N2O2. The van der Waals surface area contributed by atoms with Crippen LogP contribution in [0.3, 0.4) is 0 Å². The van der Waals surface area contributed by atoms with E-state index in [1.807, 2.05) is 18.7 Å². The van der Waals surface area contributed by atoms with Gasteiger partial charge in [0.2, 0.25) is 11.8 Å². The summed E-state index contributed by atoms with van der Waals surface area (Å²) >= 11 is 0. The highest BCUT2D eigenvalue weighted by Crippen LogP contribution is 2.20. The Morgan fingerprint density at radius 1 is 1.41 bits per heavy atom. The van der Waals surface area contributed by atoms with Gasteiger partial charge in [-0.3, -0.25) is 9.59 Å². The summed E-state index contributed by atoms with van der Waals surface area (Å²) < 4.78 is 0. The monoisotopic (exact) mass is 240 g/mol. The molecule has 1 fully saturated rings. The van der Waals surface area contributed by atoms with Crippen molar-refractivity contribution >= 4 is 11.8 Å². The van der Waals surface area contributed by atoms with Crippen LogP contribution in [0.4, 0.5) is 0 Å². The maximum Gasteiger partial charge on any atom is 0.248 e. The molecule has 1 aliphatic rings. The average molecular weight is 240 g/mol. The van der Waals surface area contributed by atoms with Gasteiger partial charge in [-0.15, -0.1) is 0 Å². The van der Waals surface area contributed by atoms with E-state index in [0.717, 1.165) is 12.8 Å². The summed E-state index contributed by atoms with van der Waals surface area (Å²) in [6, 6.07) is 0.214. The zero-order valence-corrected chi connectivity index (χ0v) is 11.4. The molecule has 1 heterocycles. The second-order valence-corrected chi connectivity index (χ2v) is 5.12. The Labute approximate surface area is 104 Å².